The fourth-order valence-corrected chi connectivity index (χ4v) is 3.55. The van der Waals surface area contributed by atoms with E-state index in [-0.39, 0.29) is 22.6 Å². The summed E-state index contributed by atoms with van der Waals surface area (Å²) >= 11 is 0.735. The van der Waals surface area contributed by atoms with Crippen LogP contribution in [0.2, 0.25) is 0 Å². The third-order valence-electron chi connectivity index (χ3n) is 4.17. The molecule has 2 aromatic rings. The van der Waals surface area contributed by atoms with E-state index in [4.69, 9.17) is 0 Å². The van der Waals surface area contributed by atoms with Gasteiger partial charge in [0.1, 0.15) is 5.82 Å². The molecule has 2 heterocycles. The standard InChI is InChI=1S/C17H16F4N4O2S/c18-11-3-1-2-4-12(11)24-5-7-25(8-6-24)15(27)10-28-16-22-13(17(19,20)21)9-14(26)23-16/h1-4,9H,5-8,10H2,(H,22,23,26). The molecule has 1 saturated heterocycles. The zero-order valence-electron chi connectivity index (χ0n) is 14.5. The maximum Gasteiger partial charge on any atom is 0.433 e. The molecular formula is C17H16F4N4O2S. The number of para-hydroxylation sites is 1. The second-order valence-electron chi connectivity index (χ2n) is 6.04. The molecule has 1 aromatic heterocycles. The second-order valence-corrected chi connectivity index (χ2v) is 7.01. The number of thioether (sulfide) groups is 1. The largest absolute Gasteiger partial charge is 0.433 e. The molecule has 0 spiro atoms. The lowest BCUT2D eigenvalue weighted by atomic mass is 10.2. The molecule has 0 aliphatic carbocycles. The van der Waals surface area contributed by atoms with Crippen molar-refractivity contribution < 1.29 is 22.4 Å². The van der Waals surface area contributed by atoms with Gasteiger partial charge in [-0.05, 0) is 12.1 Å². The van der Waals surface area contributed by atoms with Crippen LogP contribution in [0.3, 0.4) is 0 Å². The van der Waals surface area contributed by atoms with E-state index in [1.807, 2.05) is 4.90 Å². The summed E-state index contributed by atoms with van der Waals surface area (Å²) in [6.07, 6.45) is -4.74. The minimum atomic E-state index is -4.74. The maximum absolute atomic E-state index is 13.8. The molecule has 1 aliphatic rings. The minimum Gasteiger partial charge on any atom is -0.366 e. The van der Waals surface area contributed by atoms with Crippen LogP contribution < -0.4 is 10.5 Å². The Morgan fingerprint density at radius 1 is 1.18 bits per heavy atom. The third-order valence-corrected chi connectivity index (χ3v) is 5.03. The number of rotatable bonds is 4. The number of H-pyrrole nitrogens is 1. The summed E-state index contributed by atoms with van der Waals surface area (Å²) in [6.45, 7) is 1.60. The average Bonchev–Trinajstić information content (AvgIpc) is 2.65. The molecule has 0 bridgehead atoms. The Balaban J connectivity index is 1.56. The highest BCUT2D eigenvalue weighted by Gasteiger charge is 2.33. The van der Waals surface area contributed by atoms with E-state index in [9.17, 15) is 27.2 Å². The van der Waals surface area contributed by atoms with E-state index in [1.165, 1.54) is 6.07 Å². The van der Waals surface area contributed by atoms with Crippen molar-refractivity contribution >= 4 is 23.4 Å². The summed E-state index contributed by atoms with van der Waals surface area (Å²) < 4.78 is 52.0. The van der Waals surface area contributed by atoms with Gasteiger partial charge in [-0.2, -0.15) is 13.2 Å². The van der Waals surface area contributed by atoms with Crippen molar-refractivity contribution in [3.8, 4) is 0 Å². The summed E-state index contributed by atoms with van der Waals surface area (Å²) in [4.78, 5) is 32.6. The highest BCUT2D eigenvalue weighted by atomic mass is 32.2. The van der Waals surface area contributed by atoms with Gasteiger partial charge in [0.15, 0.2) is 10.9 Å². The van der Waals surface area contributed by atoms with Crippen molar-refractivity contribution in [1.82, 2.24) is 14.9 Å². The van der Waals surface area contributed by atoms with Gasteiger partial charge in [0.25, 0.3) is 5.56 Å². The number of nitrogens with one attached hydrogen (secondary N) is 1. The zero-order chi connectivity index (χ0) is 20.3. The second kappa shape index (κ2) is 8.21. The van der Waals surface area contributed by atoms with Gasteiger partial charge in [0.2, 0.25) is 5.91 Å². The first-order valence-corrected chi connectivity index (χ1v) is 9.31. The first-order chi connectivity index (χ1) is 13.2. The Labute approximate surface area is 161 Å². The summed E-state index contributed by atoms with van der Waals surface area (Å²) in [5.41, 5.74) is -1.77. The number of hydrogen-bond donors (Lipinski definition) is 1. The lowest BCUT2D eigenvalue weighted by Gasteiger charge is -2.36. The minimum absolute atomic E-state index is 0.163. The molecule has 6 nitrogen and oxygen atoms in total. The van der Waals surface area contributed by atoms with Gasteiger partial charge in [0, 0.05) is 32.2 Å². The van der Waals surface area contributed by atoms with Crippen LogP contribution in [-0.4, -0.2) is 52.7 Å². The predicted molar refractivity (Wildman–Crippen MR) is 95.8 cm³/mol. The summed E-state index contributed by atoms with van der Waals surface area (Å²) in [6, 6.07) is 6.73. The molecular weight excluding hydrogens is 400 g/mol. The Morgan fingerprint density at radius 3 is 2.50 bits per heavy atom. The van der Waals surface area contributed by atoms with E-state index >= 15 is 0 Å². The van der Waals surface area contributed by atoms with Crippen molar-refractivity contribution in [2.45, 2.75) is 11.3 Å². The van der Waals surface area contributed by atoms with Gasteiger partial charge in [-0.15, -0.1) is 0 Å². The smallest absolute Gasteiger partial charge is 0.366 e. The van der Waals surface area contributed by atoms with Gasteiger partial charge in [-0.3, -0.25) is 9.59 Å². The number of benzene rings is 1. The molecule has 1 fully saturated rings. The molecule has 0 radical (unpaired) electrons. The van der Waals surface area contributed by atoms with Crippen LogP contribution in [0.5, 0.6) is 0 Å². The topological polar surface area (TPSA) is 69.3 Å². The molecule has 0 unspecified atom stereocenters. The van der Waals surface area contributed by atoms with E-state index in [1.54, 1.807) is 23.1 Å². The number of amides is 1. The van der Waals surface area contributed by atoms with Gasteiger partial charge in [-0.25, -0.2) is 9.37 Å². The number of piperazine rings is 1. The van der Waals surface area contributed by atoms with E-state index in [0.29, 0.717) is 37.9 Å². The quantitative estimate of drug-likeness (QED) is 0.471. The maximum atomic E-state index is 13.8. The van der Waals surface area contributed by atoms with Crippen LogP contribution in [-0.2, 0) is 11.0 Å². The van der Waals surface area contributed by atoms with Gasteiger partial charge >= 0.3 is 6.18 Å². The van der Waals surface area contributed by atoms with Crippen LogP contribution in [0.4, 0.5) is 23.2 Å². The third kappa shape index (κ3) is 4.83. The summed E-state index contributed by atoms with van der Waals surface area (Å²) in [5.74, 6) is -0.792. The Kier molecular flexibility index (Phi) is 5.92. The van der Waals surface area contributed by atoms with Crippen molar-refractivity contribution in [1.29, 1.82) is 0 Å². The molecule has 11 heteroatoms. The predicted octanol–water partition coefficient (Wildman–Crippen LogP) is 2.37. The normalized spacial score (nSPS) is 15.0. The van der Waals surface area contributed by atoms with Gasteiger partial charge in [0.05, 0.1) is 11.4 Å². The molecule has 28 heavy (non-hydrogen) atoms. The first-order valence-electron chi connectivity index (χ1n) is 8.32. The van der Waals surface area contributed by atoms with Crippen LogP contribution in [0.1, 0.15) is 5.69 Å². The van der Waals surface area contributed by atoms with E-state index in [2.05, 4.69) is 9.97 Å². The van der Waals surface area contributed by atoms with E-state index < -0.39 is 17.4 Å². The number of aromatic nitrogens is 2. The highest BCUT2D eigenvalue weighted by Crippen LogP contribution is 2.27. The average molecular weight is 416 g/mol. The summed E-state index contributed by atoms with van der Waals surface area (Å²) in [7, 11) is 0. The van der Waals surface area contributed by atoms with Crippen LogP contribution in [0.25, 0.3) is 0 Å². The Bertz CT molecular complexity index is 911. The lowest BCUT2D eigenvalue weighted by molar-refractivity contribution is -0.141. The fourth-order valence-electron chi connectivity index (χ4n) is 2.78. The van der Waals surface area contributed by atoms with Crippen molar-refractivity contribution in [2.75, 3.05) is 36.8 Å². The van der Waals surface area contributed by atoms with Crippen molar-refractivity contribution in [3.05, 3.63) is 52.2 Å². The number of anilines is 1. The van der Waals surface area contributed by atoms with Crippen LogP contribution in [0.15, 0.2) is 40.3 Å². The Morgan fingerprint density at radius 2 is 1.86 bits per heavy atom. The number of nitrogens with zero attached hydrogens (tertiary/aromatic N) is 3. The molecule has 1 amide bonds. The van der Waals surface area contributed by atoms with Crippen LogP contribution in [0, 0.1) is 5.82 Å². The molecule has 3 rings (SSSR count). The van der Waals surface area contributed by atoms with Crippen molar-refractivity contribution in [3.63, 3.8) is 0 Å². The molecule has 1 N–H and O–H groups in total. The number of carbonyl (C=O) groups excluding carboxylic acids is 1. The molecule has 1 aromatic carbocycles. The molecule has 150 valence electrons. The number of carbonyl (C=O) groups is 1. The molecule has 1 aliphatic heterocycles. The monoisotopic (exact) mass is 416 g/mol. The van der Waals surface area contributed by atoms with Crippen molar-refractivity contribution in [2.24, 2.45) is 0 Å². The fraction of sp³-hybridized carbons (Fsp3) is 0.353. The molecule has 0 atom stereocenters. The lowest BCUT2D eigenvalue weighted by Crippen LogP contribution is -2.49. The summed E-state index contributed by atoms with van der Waals surface area (Å²) in [5, 5.41) is -0.266. The Hall–Kier alpha value is -2.56. The first kappa shape index (κ1) is 20.2. The van der Waals surface area contributed by atoms with Gasteiger partial charge in [-0.1, -0.05) is 23.9 Å². The van der Waals surface area contributed by atoms with E-state index in [0.717, 1.165) is 11.8 Å². The number of hydrogen-bond acceptors (Lipinski definition) is 5. The van der Waals surface area contributed by atoms with Crippen LogP contribution >= 0.6 is 11.8 Å². The number of alkyl halides is 3. The SMILES string of the molecule is O=C(CSc1nc(C(F)(F)F)cc(=O)[nH]1)N1CCN(c2ccccc2F)CC1. The number of aromatic amines is 1. The number of halogens is 4. The highest BCUT2D eigenvalue weighted by molar-refractivity contribution is 7.99. The molecule has 0 saturated carbocycles. The zero-order valence-corrected chi connectivity index (χ0v) is 15.3. The van der Waals surface area contributed by atoms with Gasteiger partial charge < -0.3 is 14.8 Å².